The van der Waals surface area contributed by atoms with Crippen molar-refractivity contribution in [2.24, 2.45) is 34.4 Å². The van der Waals surface area contributed by atoms with Gasteiger partial charge in [0.1, 0.15) is 36.3 Å². The minimum atomic E-state index is -1.02. The van der Waals surface area contributed by atoms with E-state index >= 15 is 0 Å². The zero-order chi connectivity index (χ0) is 49.6. The Labute approximate surface area is 389 Å². The van der Waals surface area contributed by atoms with Crippen LogP contribution in [0.2, 0.25) is 0 Å². The second kappa shape index (κ2) is 32.9. The van der Waals surface area contributed by atoms with Crippen LogP contribution in [0.5, 0.6) is 0 Å². The molecule has 370 valence electrons. The average Bonchev–Trinajstić information content (AvgIpc) is 4.11. The molecule has 0 fully saturated rings. The number of hydrogen-bond acceptors (Lipinski definition) is 18. The van der Waals surface area contributed by atoms with Crippen LogP contribution in [0, 0.1) is 0 Å². The van der Waals surface area contributed by atoms with Gasteiger partial charge in [0.2, 0.25) is 0 Å². The molecule has 6 atom stereocenters. The molecule has 0 aromatic carbocycles. The number of carboxylic acid groups (broad SMARTS) is 6. The third-order valence-electron chi connectivity index (χ3n) is 7.56. The number of carbonyl (C=O) groups is 6. The molecule has 0 amide bonds. The SMILES string of the molecule is N[C@@H](Cc1c[n-]cn1)C(=O)O.N[C@@H](Cc1c[n-]cn1)C(=O)O.N[C@@H](Cc1c[n-]cn1)C(=O)O.N[C@@H](Cc1c[n-]cn1)C(=O)O.N[C@@H](Cc1c[n-]cn1)C(=O)O.N[C@@H](Cc1c[n-]cn1)C(=O)O.[Ni]. The Morgan fingerprint density at radius 3 is 0.522 bits per heavy atom. The van der Waals surface area contributed by atoms with Gasteiger partial charge in [-0.15, -0.1) is 0 Å². The molecule has 6 rings (SSSR count). The molecule has 0 aliphatic heterocycles. The van der Waals surface area contributed by atoms with Crippen LogP contribution in [0.15, 0.2) is 75.1 Å². The van der Waals surface area contributed by atoms with Crippen LogP contribution in [0.1, 0.15) is 34.2 Å². The van der Waals surface area contributed by atoms with Crippen LogP contribution in [-0.2, 0) is 83.8 Å². The Hall–Kier alpha value is -7.67. The Morgan fingerprint density at radius 2 is 0.448 bits per heavy atom. The first-order chi connectivity index (χ1) is 31.2. The molecule has 67 heavy (non-hydrogen) atoms. The van der Waals surface area contributed by atoms with Crippen LogP contribution in [0.4, 0.5) is 0 Å². The maximum atomic E-state index is 10.3. The molecule has 0 bridgehead atoms. The van der Waals surface area contributed by atoms with E-state index in [1.165, 1.54) is 75.1 Å². The molecule has 6 aromatic rings. The normalized spacial score (nSPS) is 12.6. The zero-order valence-electron chi connectivity index (χ0n) is 34.9. The molecule has 0 radical (unpaired) electrons. The number of aliphatic carboxylic acids is 6. The molecule has 0 unspecified atom stereocenters. The Kier molecular flexibility index (Phi) is 29.1. The molecule has 30 nitrogen and oxygen atoms in total. The fraction of sp³-hybridized carbons (Fsp3) is 0.333. The quantitative estimate of drug-likeness (QED) is 0.0357. The summed E-state index contributed by atoms with van der Waals surface area (Å²) in [4.78, 5) is 106. The van der Waals surface area contributed by atoms with Crippen LogP contribution < -0.4 is 64.3 Å². The number of imidazole rings is 6. The number of rotatable bonds is 18. The van der Waals surface area contributed by atoms with Crippen molar-refractivity contribution in [3.63, 3.8) is 0 Å². The first-order valence-corrected chi connectivity index (χ1v) is 18.6. The van der Waals surface area contributed by atoms with Crippen LogP contribution in [0.25, 0.3) is 0 Å². The molecule has 6 aromatic heterocycles. The van der Waals surface area contributed by atoms with Crippen molar-refractivity contribution in [2.45, 2.75) is 74.8 Å². The fourth-order valence-electron chi connectivity index (χ4n) is 4.07. The van der Waals surface area contributed by atoms with E-state index in [-0.39, 0.29) is 55.0 Å². The molecule has 6 heterocycles. The van der Waals surface area contributed by atoms with Crippen molar-refractivity contribution in [2.75, 3.05) is 0 Å². The van der Waals surface area contributed by atoms with E-state index in [0.29, 0.717) is 34.2 Å². The van der Waals surface area contributed by atoms with Crippen molar-refractivity contribution >= 4 is 35.8 Å². The second-order valence-electron chi connectivity index (χ2n) is 13.0. The van der Waals surface area contributed by atoms with Gasteiger partial charge in [0.25, 0.3) is 0 Å². The van der Waals surface area contributed by atoms with Gasteiger partial charge in [-0.05, 0) is 38.5 Å². The van der Waals surface area contributed by atoms with E-state index in [4.69, 9.17) is 65.0 Å². The summed E-state index contributed by atoms with van der Waals surface area (Å²) in [5.41, 5.74) is 35.1. The molecule has 0 saturated carbocycles. The van der Waals surface area contributed by atoms with E-state index in [1.807, 2.05) is 0 Å². The van der Waals surface area contributed by atoms with Crippen LogP contribution in [0.3, 0.4) is 0 Å². The van der Waals surface area contributed by atoms with E-state index < -0.39 is 72.1 Å². The predicted molar refractivity (Wildman–Crippen MR) is 221 cm³/mol. The largest absolute Gasteiger partial charge is 0.480 e. The van der Waals surface area contributed by atoms with Gasteiger partial charge in [-0.1, -0.05) is 109 Å². The topological polar surface area (TPSA) is 542 Å². The minimum absolute atomic E-state index is 0. The summed E-state index contributed by atoms with van der Waals surface area (Å²) in [6.45, 7) is 0. The fourth-order valence-corrected chi connectivity index (χ4v) is 4.07. The number of hydrogen-bond donors (Lipinski definition) is 12. The average molecular weight is 984 g/mol. The van der Waals surface area contributed by atoms with Crippen molar-refractivity contribution in [3.8, 4) is 0 Å². The zero-order valence-corrected chi connectivity index (χ0v) is 35.9. The van der Waals surface area contributed by atoms with Crippen LogP contribution in [-0.4, -0.2) is 133 Å². The van der Waals surface area contributed by atoms with Gasteiger partial charge in [-0.25, -0.2) is 0 Å². The number of nitrogens with zero attached hydrogens (tertiary/aromatic N) is 12. The standard InChI is InChI=1S/6C6H9N3O2.Ni/c6*7-5(6(10)11)1-4-2-8-3-9-4;/h6*2-3,5H,1,7H2,(H2,8,9,10,11);/p-6/t6*5-;/m000000./s1. The summed E-state index contributed by atoms with van der Waals surface area (Å²) in [5.74, 6) is -6.12. The third kappa shape index (κ3) is 27.3. The van der Waals surface area contributed by atoms with Crippen LogP contribution >= 0.6 is 0 Å². The van der Waals surface area contributed by atoms with Gasteiger partial charge < -0.3 is 125 Å². The molecule has 31 heteroatoms. The minimum Gasteiger partial charge on any atom is -0.480 e. The molecular formula is C36H48N18NiO12-6. The second-order valence-corrected chi connectivity index (χ2v) is 13.0. The van der Waals surface area contributed by atoms with E-state index in [9.17, 15) is 28.8 Å². The maximum Gasteiger partial charge on any atom is 0.320 e. The summed E-state index contributed by atoms with van der Waals surface area (Å²) < 4.78 is 0. The number of aromatic nitrogens is 12. The number of carboxylic acids is 6. The molecule has 0 aliphatic carbocycles. The van der Waals surface area contributed by atoms with Crippen molar-refractivity contribution < 1.29 is 75.9 Å². The van der Waals surface area contributed by atoms with Gasteiger partial charge in [0, 0.05) is 16.5 Å². The summed E-state index contributed by atoms with van der Waals surface area (Å²) >= 11 is 0. The van der Waals surface area contributed by atoms with Crippen molar-refractivity contribution in [1.29, 1.82) is 0 Å². The third-order valence-corrected chi connectivity index (χ3v) is 7.56. The predicted octanol–water partition coefficient (Wildman–Crippen LogP) is -6.04. The Balaban J connectivity index is 0.000000778. The van der Waals surface area contributed by atoms with Gasteiger partial charge in [-0.3, -0.25) is 28.8 Å². The van der Waals surface area contributed by atoms with E-state index in [1.54, 1.807) is 0 Å². The molecular weight excluding hydrogens is 935 g/mol. The molecule has 0 aliphatic rings. The Morgan fingerprint density at radius 1 is 0.328 bits per heavy atom. The Bertz CT molecular complexity index is 1800. The van der Waals surface area contributed by atoms with E-state index in [0.717, 1.165) is 0 Å². The maximum absolute atomic E-state index is 10.3. The van der Waals surface area contributed by atoms with Crippen molar-refractivity contribution in [3.05, 3.63) is 109 Å². The summed E-state index contributed by atoms with van der Waals surface area (Å²) in [6.07, 6.45) is 18.6. The van der Waals surface area contributed by atoms with E-state index in [2.05, 4.69) is 59.8 Å². The first kappa shape index (κ1) is 59.3. The molecule has 0 saturated heterocycles. The van der Waals surface area contributed by atoms with Crippen molar-refractivity contribution in [1.82, 2.24) is 59.8 Å². The monoisotopic (exact) mass is 982 g/mol. The summed E-state index contributed by atoms with van der Waals surface area (Å²) in [6, 6.07) is -5.30. The smallest absolute Gasteiger partial charge is 0.320 e. The number of nitrogens with two attached hydrogens (primary N) is 6. The first-order valence-electron chi connectivity index (χ1n) is 18.6. The summed E-state index contributed by atoms with van der Waals surface area (Å²) in [7, 11) is 0. The van der Waals surface area contributed by atoms with Gasteiger partial charge in [0.05, 0.1) is 0 Å². The van der Waals surface area contributed by atoms with Gasteiger partial charge >= 0.3 is 35.8 Å². The molecule has 18 N–H and O–H groups in total. The van der Waals surface area contributed by atoms with Gasteiger partial charge in [-0.2, -0.15) is 0 Å². The van der Waals surface area contributed by atoms with Gasteiger partial charge in [0.15, 0.2) is 0 Å². The molecule has 0 spiro atoms. The summed E-state index contributed by atoms with van der Waals surface area (Å²) in [5, 5.41) is 50.4.